The first-order valence-corrected chi connectivity index (χ1v) is 9.92. The van der Waals surface area contributed by atoms with Gasteiger partial charge in [-0.2, -0.15) is 0 Å². The summed E-state index contributed by atoms with van der Waals surface area (Å²) >= 11 is 0. The summed E-state index contributed by atoms with van der Waals surface area (Å²) in [6.07, 6.45) is 0.558. The number of para-hydroxylation sites is 1. The van der Waals surface area contributed by atoms with E-state index in [1.54, 1.807) is 13.0 Å². The fourth-order valence-corrected chi connectivity index (χ4v) is 4.03. The minimum absolute atomic E-state index is 0.0339. The van der Waals surface area contributed by atoms with Crippen molar-refractivity contribution in [2.24, 2.45) is 5.41 Å². The maximum absolute atomic E-state index is 13.2. The lowest BCUT2D eigenvalue weighted by Crippen LogP contribution is -2.38. The van der Waals surface area contributed by atoms with Gasteiger partial charge in [-0.05, 0) is 12.3 Å². The molecule has 9 heteroatoms. The molecular formula is C22H24N2O7. The minimum Gasteiger partial charge on any atom is -0.462 e. The van der Waals surface area contributed by atoms with E-state index in [1.165, 1.54) is 25.1 Å². The first kappa shape index (κ1) is 22.2. The maximum atomic E-state index is 13.2. The number of Topliss-reactive ketones (excluding diaryl/α,β-unsaturated/α-hetero) is 1. The number of nitro groups is 1. The third-order valence-electron chi connectivity index (χ3n) is 5.16. The van der Waals surface area contributed by atoms with Crippen LogP contribution in [0.1, 0.15) is 52.0 Å². The van der Waals surface area contributed by atoms with Crippen molar-refractivity contribution in [3.8, 4) is 0 Å². The summed E-state index contributed by atoms with van der Waals surface area (Å²) in [5.41, 5.74) is -0.458. The normalized spacial score (nSPS) is 20.0. The Balaban J connectivity index is 2.33. The maximum Gasteiger partial charge on any atom is 0.340 e. The molecule has 1 amide bonds. The Morgan fingerprint density at radius 1 is 1.29 bits per heavy atom. The fourth-order valence-electron chi connectivity index (χ4n) is 4.03. The second-order valence-corrected chi connectivity index (χ2v) is 8.27. The highest BCUT2D eigenvalue weighted by molar-refractivity contribution is 6.04. The number of carbonyl (C=O) groups is 3. The van der Waals surface area contributed by atoms with E-state index in [-0.39, 0.29) is 47.1 Å². The lowest BCUT2D eigenvalue weighted by atomic mass is 9.70. The van der Waals surface area contributed by atoms with Crippen molar-refractivity contribution in [1.82, 2.24) is 5.32 Å². The zero-order chi connectivity index (χ0) is 22.9. The molecule has 1 unspecified atom stereocenters. The number of benzene rings is 1. The molecular weight excluding hydrogens is 404 g/mol. The molecule has 0 aromatic heterocycles. The van der Waals surface area contributed by atoms with Crippen molar-refractivity contribution in [2.75, 3.05) is 6.61 Å². The quantitative estimate of drug-likeness (QED) is 0.433. The van der Waals surface area contributed by atoms with Crippen LogP contribution < -0.4 is 5.32 Å². The Bertz CT molecular complexity index is 1040. The summed E-state index contributed by atoms with van der Waals surface area (Å²) < 4.78 is 11.0. The number of ketones is 1. The van der Waals surface area contributed by atoms with Crippen LogP contribution in [0.25, 0.3) is 0 Å². The first-order valence-electron chi connectivity index (χ1n) is 9.92. The number of ether oxygens (including phenoxy) is 2. The number of carbonyl (C=O) groups excluding carboxylic acids is 3. The van der Waals surface area contributed by atoms with E-state index in [2.05, 4.69) is 5.32 Å². The summed E-state index contributed by atoms with van der Waals surface area (Å²) in [4.78, 5) is 49.2. The molecule has 0 radical (unpaired) electrons. The van der Waals surface area contributed by atoms with Gasteiger partial charge in [-0.15, -0.1) is 0 Å². The molecule has 0 fully saturated rings. The van der Waals surface area contributed by atoms with Crippen LogP contribution in [0.15, 0.2) is 47.1 Å². The van der Waals surface area contributed by atoms with Crippen LogP contribution in [-0.4, -0.2) is 29.2 Å². The molecule has 1 heterocycles. The van der Waals surface area contributed by atoms with Crippen LogP contribution in [0.5, 0.6) is 0 Å². The lowest BCUT2D eigenvalue weighted by Gasteiger charge is -2.38. The molecule has 1 aromatic rings. The summed E-state index contributed by atoms with van der Waals surface area (Å²) in [6.45, 7) is 6.70. The highest BCUT2D eigenvalue weighted by atomic mass is 16.6. The van der Waals surface area contributed by atoms with Gasteiger partial charge in [-0.25, -0.2) is 4.79 Å². The van der Waals surface area contributed by atoms with Crippen LogP contribution in [0, 0.1) is 15.5 Å². The molecule has 0 saturated heterocycles. The minimum atomic E-state index is -1.10. The standard InChI is InChI=1S/C22H24N2O7/c1-5-30-21(27)19-17(13-8-6-7-9-14(13)24(28)29)18-15(26)10-22(3,4)11-16(18)31-20(19)23-12(2)25/h6-9,17H,5,10-11H2,1-4H3,(H,23,25). The molecule has 1 aliphatic carbocycles. The van der Waals surface area contributed by atoms with Gasteiger partial charge in [0, 0.05) is 37.0 Å². The Kier molecular flexibility index (Phi) is 5.97. The van der Waals surface area contributed by atoms with E-state index in [1.807, 2.05) is 13.8 Å². The van der Waals surface area contributed by atoms with Crippen molar-refractivity contribution in [1.29, 1.82) is 0 Å². The number of allylic oxidation sites excluding steroid dienone is 2. The van der Waals surface area contributed by atoms with E-state index in [4.69, 9.17) is 9.47 Å². The number of nitro benzene ring substituents is 1. The van der Waals surface area contributed by atoms with Gasteiger partial charge in [0.1, 0.15) is 11.3 Å². The van der Waals surface area contributed by atoms with Gasteiger partial charge in [0.25, 0.3) is 5.69 Å². The van der Waals surface area contributed by atoms with Gasteiger partial charge in [0.15, 0.2) is 5.78 Å². The van der Waals surface area contributed by atoms with Gasteiger partial charge in [0.05, 0.1) is 17.4 Å². The predicted octanol–water partition coefficient (Wildman–Crippen LogP) is 3.26. The first-order chi connectivity index (χ1) is 14.6. The number of hydrogen-bond acceptors (Lipinski definition) is 7. The van der Waals surface area contributed by atoms with Crippen molar-refractivity contribution in [3.05, 3.63) is 62.7 Å². The van der Waals surface area contributed by atoms with Crippen LogP contribution in [0.2, 0.25) is 0 Å². The molecule has 9 nitrogen and oxygen atoms in total. The molecule has 31 heavy (non-hydrogen) atoms. The summed E-state index contributed by atoms with van der Waals surface area (Å²) in [7, 11) is 0. The van der Waals surface area contributed by atoms with Crippen molar-refractivity contribution in [2.45, 2.75) is 46.5 Å². The summed E-state index contributed by atoms with van der Waals surface area (Å²) in [6, 6.07) is 5.90. The number of nitrogens with zero attached hydrogens (tertiary/aromatic N) is 1. The van der Waals surface area contributed by atoms with E-state index < -0.39 is 28.1 Å². The number of nitrogens with one attached hydrogen (secondary N) is 1. The lowest BCUT2D eigenvalue weighted by molar-refractivity contribution is -0.385. The van der Waals surface area contributed by atoms with Gasteiger partial charge >= 0.3 is 5.97 Å². The molecule has 1 aliphatic heterocycles. The Labute approximate surface area is 179 Å². The van der Waals surface area contributed by atoms with Crippen LogP contribution in [0.4, 0.5) is 5.69 Å². The second-order valence-electron chi connectivity index (χ2n) is 8.27. The fraction of sp³-hybridized carbons (Fsp3) is 0.409. The Hall–Kier alpha value is -3.49. The SMILES string of the molecule is CCOC(=O)C1=C(NC(C)=O)OC2=C(C(=O)CC(C)(C)C2)C1c1ccccc1[N+](=O)[O-]. The summed E-state index contributed by atoms with van der Waals surface area (Å²) in [5, 5.41) is 14.2. The van der Waals surface area contributed by atoms with E-state index in [9.17, 15) is 24.5 Å². The van der Waals surface area contributed by atoms with Crippen LogP contribution in [0.3, 0.4) is 0 Å². The molecule has 1 atom stereocenters. The zero-order valence-corrected chi connectivity index (χ0v) is 17.8. The predicted molar refractivity (Wildman–Crippen MR) is 109 cm³/mol. The molecule has 2 aliphatic rings. The number of rotatable bonds is 5. The Morgan fingerprint density at radius 2 is 1.97 bits per heavy atom. The second kappa shape index (κ2) is 8.33. The highest BCUT2D eigenvalue weighted by Gasteiger charge is 2.47. The van der Waals surface area contributed by atoms with Crippen molar-refractivity contribution >= 4 is 23.3 Å². The van der Waals surface area contributed by atoms with Gasteiger partial charge in [-0.1, -0.05) is 32.0 Å². The smallest absolute Gasteiger partial charge is 0.340 e. The molecule has 0 saturated carbocycles. The topological polar surface area (TPSA) is 125 Å². The van der Waals surface area contributed by atoms with Crippen LogP contribution >= 0.6 is 0 Å². The summed E-state index contributed by atoms with van der Waals surface area (Å²) in [5.74, 6) is -2.56. The monoisotopic (exact) mass is 428 g/mol. The van der Waals surface area contributed by atoms with Gasteiger partial charge in [0.2, 0.25) is 11.8 Å². The van der Waals surface area contributed by atoms with E-state index >= 15 is 0 Å². The molecule has 0 bridgehead atoms. The van der Waals surface area contributed by atoms with Crippen LogP contribution in [-0.2, 0) is 23.9 Å². The highest BCUT2D eigenvalue weighted by Crippen LogP contribution is 2.50. The third-order valence-corrected chi connectivity index (χ3v) is 5.16. The zero-order valence-electron chi connectivity index (χ0n) is 17.8. The number of hydrogen-bond donors (Lipinski definition) is 1. The Morgan fingerprint density at radius 3 is 2.58 bits per heavy atom. The van der Waals surface area contributed by atoms with Gasteiger partial charge < -0.3 is 9.47 Å². The molecule has 0 spiro atoms. The average Bonchev–Trinajstić information content (AvgIpc) is 2.65. The molecule has 3 rings (SSSR count). The van der Waals surface area contributed by atoms with Crippen molar-refractivity contribution < 1.29 is 28.8 Å². The van der Waals surface area contributed by atoms with E-state index in [0.717, 1.165) is 0 Å². The number of esters is 1. The van der Waals surface area contributed by atoms with E-state index in [0.29, 0.717) is 12.2 Å². The number of amides is 1. The molecule has 164 valence electrons. The molecule has 1 aromatic carbocycles. The van der Waals surface area contributed by atoms with Crippen molar-refractivity contribution in [3.63, 3.8) is 0 Å². The van der Waals surface area contributed by atoms with Gasteiger partial charge in [-0.3, -0.25) is 25.0 Å². The molecule has 1 N–H and O–H groups in total. The largest absolute Gasteiger partial charge is 0.462 e. The average molecular weight is 428 g/mol. The third kappa shape index (κ3) is 4.35.